The van der Waals surface area contributed by atoms with E-state index >= 15 is 0 Å². The van der Waals surface area contributed by atoms with Crippen LogP contribution in [0.25, 0.3) is 0 Å². The first kappa shape index (κ1) is 13.6. The molecule has 0 bridgehead atoms. The van der Waals surface area contributed by atoms with Crippen molar-refractivity contribution in [3.8, 4) is 0 Å². The average Bonchev–Trinajstić information content (AvgIpc) is 2.03. The molecular weight excluding hydrogens is 211 g/mol. The molecule has 0 aromatic rings. The first-order valence-corrected chi connectivity index (χ1v) is 5.25. The van der Waals surface area contributed by atoms with Crippen molar-refractivity contribution in [2.45, 2.75) is 25.4 Å². The molecule has 0 spiro atoms. The van der Waals surface area contributed by atoms with Gasteiger partial charge >= 0.3 is 6.18 Å². The van der Waals surface area contributed by atoms with Crippen molar-refractivity contribution in [1.29, 1.82) is 0 Å². The second-order valence-electron chi connectivity index (χ2n) is 2.52. The second kappa shape index (κ2) is 6.14. The summed E-state index contributed by atoms with van der Waals surface area (Å²) in [6.07, 6.45) is -0.883. The van der Waals surface area contributed by atoms with Gasteiger partial charge in [-0.15, -0.1) is 11.8 Å². The number of allylic oxidation sites excluding steroid dienone is 3. The zero-order chi connectivity index (χ0) is 11.2. The van der Waals surface area contributed by atoms with Crippen LogP contribution in [0.2, 0.25) is 0 Å². The van der Waals surface area contributed by atoms with Gasteiger partial charge in [0.25, 0.3) is 0 Å². The monoisotopic (exact) mass is 225 g/mol. The topological polar surface area (TPSA) is 26.0 Å². The van der Waals surface area contributed by atoms with Crippen molar-refractivity contribution in [1.82, 2.24) is 0 Å². The Hall–Kier alpha value is -0.420. The summed E-state index contributed by atoms with van der Waals surface area (Å²) in [5, 5.41) is -0.377. The van der Waals surface area contributed by atoms with Crippen molar-refractivity contribution in [3.63, 3.8) is 0 Å². The van der Waals surface area contributed by atoms with Gasteiger partial charge in [0.1, 0.15) is 0 Å². The lowest BCUT2D eigenvalue weighted by molar-refractivity contribution is -0.0883. The van der Waals surface area contributed by atoms with Crippen LogP contribution in [0.15, 0.2) is 23.8 Å². The largest absolute Gasteiger partial charge is 0.416 e. The molecule has 0 amide bonds. The molecule has 0 rings (SSSR count). The van der Waals surface area contributed by atoms with Crippen LogP contribution in [0.1, 0.15) is 13.8 Å². The first-order chi connectivity index (χ1) is 6.41. The van der Waals surface area contributed by atoms with Gasteiger partial charge in [0, 0.05) is 0 Å². The molecule has 2 N–H and O–H groups in total. The van der Waals surface area contributed by atoms with Crippen molar-refractivity contribution >= 4 is 11.8 Å². The Kier molecular flexibility index (Phi) is 5.95. The molecule has 0 aliphatic rings. The molecule has 1 nitrogen and oxygen atoms in total. The van der Waals surface area contributed by atoms with E-state index in [4.69, 9.17) is 5.73 Å². The number of halogens is 3. The van der Waals surface area contributed by atoms with Crippen molar-refractivity contribution in [2.24, 2.45) is 5.73 Å². The van der Waals surface area contributed by atoms with Gasteiger partial charge in [0.2, 0.25) is 0 Å². The van der Waals surface area contributed by atoms with E-state index in [0.29, 0.717) is 0 Å². The van der Waals surface area contributed by atoms with Gasteiger partial charge in [-0.2, -0.15) is 13.2 Å². The quantitative estimate of drug-likeness (QED) is 0.587. The van der Waals surface area contributed by atoms with Crippen LogP contribution in [-0.2, 0) is 0 Å². The van der Waals surface area contributed by atoms with Crippen molar-refractivity contribution < 1.29 is 13.2 Å². The zero-order valence-electron chi connectivity index (χ0n) is 8.14. The van der Waals surface area contributed by atoms with E-state index in [-0.39, 0.29) is 5.37 Å². The number of thioether (sulfide) groups is 1. The Morgan fingerprint density at radius 2 is 2.07 bits per heavy atom. The molecule has 0 aromatic carbocycles. The number of hydrogen-bond acceptors (Lipinski definition) is 2. The Balaban J connectivity index is 4.34. The van der Waals surface area contributed by atoms with Gasteiger partial charge in [-0.25, -0.2) is 0 Å². The summed E-state index contributed by atoms with van der Waals surface area (Å²) in [7, 11) is 0. The van der Waals surface area contributed by atoms with E-state index in [1.807, 2.05) is 6.92 Å². The molecule has 82 valence electrons. The van der Waals surface area contributed by atoms with E-state index in [1.54, 1.807) is 0 Å². The van der Waals surface area contributed by atoms with Crippen LogP contribution in [0, 0.1) is 0 Å². The third-order valence-corrected chi connectivity index (χ3v) is 2.34. The molecule has 0 saturated heterocycles. The third-order valence-electron chi connectivity index (χ3n) is 1.46. The van der Waals surface area contributed by atoms with Gasteiger partial charge in [0.05, 0.1) is 10.9 Å². The summed E-state index contributed by atoms with van der Waals surface area (Å²) in [6, 6.07) is 0. The molecule has 1 unspecified atom stereocenters. The fraction of sp³-hybridized carbons (Fsp3) is 0.556. The SMILES string of the molecule is C/C=C(\C=C/C(N)SCC)C(F)(F)F. The lowest BCUT2D eigenvalue weighted by Crippen LogP contribution is -2.14. The lowest BCUT2D eigenvalue weighted by atomic mass is 10.2. The summed E-state index contributed by atoms with van der Waals surface area (Å²) in [4.78, 5) is 0. The van der Waals surface area contributed by atoms with Gasteiger partial charge in [-0.05, 0) is 12.7 Å². The first-order valence-electron chi connectivity index (χ1n) is 4.20. The third kappa shape index (κ3) is 5.34. The van der Waals surface area contributed by atoms with E-state index in [2.05, 4.69) is 0 Å². The van der Waals surface area contributed by atoms with Crippen molar-refractivity contribution in [3.05, 3.63) is 23.8 Å². The number of alkyl halides is 3. The Bertz CT molecular complexity index is 221. The molecule has 0 saturated carbocycles. The fourth-order valence-corrected chi connectivity index (χ4v) is 1.38. The highest BCUT2D eigenvalue weighted by molar-refractivity contribution is 7.99. The maximum absolute atomic E-state index is 12.2. The second-order valence-corrected chi connectivity index (χ2v) is 3.98. The van der Waals surface area contributed by atoms with Crippen LogP contribution in [0.5, 0.6) is 0 Å². The summed E-state index contributed by atoms with van der Waals surface area (Å²) in [6.45, 7) is 3.25. The minimum absolute atomic E-state index is 0.377. The predicted octanol–water partition coefficient (Wildman–Crippen LogP) is 3.09. The van der Waals surface area contributed by atoms with Crippen LogP contribution in [-0.4, -0.2) is 17.3 Å². The summed E-state index contributed by atoms with van der Waals surface area (Å²) in [5.74, 6) is 0.780. The summed E-state index contributed by atoms with van der Waals surface area (Å²) >= 11 is 1.39. The number of hydrogen-bond donors (Lipinski definition) is 1. The van der Waals surface area contributed by atoms with E-state index in [0.717, 1.165) is 17.9 Å². The molecule has 14 heavy (non-hydrogen) atoms. The number of rotatable bonds is 4. The molecule has 0 aliphatic heterocycles. The minimum Gasteiger partial charge on any atom is -0.316 e. The predicted molar refractivity (Wildman–Crippen MR) is 55.1 cm³/mol. The number of nitrogens with two attached hydrogens (primary N) is 1. The van der Waals surface area contributed by atoms with Crippen LogP contribution in [0.4, 0.5) is 13.2 Å². The van der Waals surface area contributed by atoms with E-state index in [1.165, 1.54) is 24.8 Å². The molecule has 0 aromatic heterocycles. The maximum atomic E-state index is 12.2. The molecule has 0 fully saturated rings. The Labute approximate surface area is 86.2 Å². The molecule has 0 heterocycles. The fourth-order valence-electron chi connectivity index (χ4n) is 0.801. The van der Waals surface area contributed by atoms with E-state index in [9.17, 15) is 13.2 Å². The van der Waals surface area contributed by atoms with Crippen molar-refractivity contribution in [2.75, 3.05) is 5.75 Å². The van der Waals surface area contributed by atoms with Gasteiger partial charge < -0.3 is 5.73 Å². The Morgan fingerprint density at radius 1 is 1.50 bits per heavy atom. The highest BCUT2D eigenvalue weighted by Gasteiger charge is 2.30. The molecular formula is C9H14F3NS. The van der Waals surface area contributed by atoms with Gasteiger partial charge in [0.15, 0.2) is 0 Å². The van der Waals surface area contributed by atoms with E-state index < -0.39 is 11.7 Å². The molecule has 0 radical (unpaired) electrons. The maximum Gasteiger partial charge on any atom is 0.416 e. The molecule has 5 heteroatoms. The average molecular weight is 225 g/mol. The van der Waals surface area contributed by atoms with Crippen LogP contribution in [0.3, 0.4) is 0 Å². The normalized spacial score (nSPS) is 16.3. The van der Waals surface area contributed by atoms with Crippen LogP contribution >= 0.6 is 11.8 Å². The lowest BCUT2D eigenvalue weighted by Gasteiger charge is -2.08. The molecule has 1 atom stereocenters. The smallest absolute Gasteiger partial charge is 0.316 e. The zero-order valence-corrected chi connectivity index (χ0v) is 8.95. The standard InChI is InChI=1S/C9H14F3NS/c1-3-7(9(10,11)12)5-6-8(13)14-4-2/h3,5-6,8H,4,13H2,1-2H3/b6-5-,7-3+. The Morgan fingerprint density at radius 3 is 2.43 bits per heavy atom. The highest BCUT2D eigenvalue weighted by Crippen LogP contribution is 2.26. The van der Waals surface area contributed by atoms with Gasteiger partial charge in [-0.3, -0.25) is 0 Å². The minimum atomic E-state index is -4.29. The van der Waals surface area contributed by atoms with Gasteiger partial charge in [-0.1, -0.05) is 25.2 Å². The summed E-state index contributed by atoms with van der Waals surface area (Å²) in [5.41, 5.74) is 4.85. The summed E-state index contributed by atoms with van der Waals surface area (Å²) < 4.78 is 36.6. The highest BCUT2D eigenvalue weighted by atomic mass is 32.2. The van der Waals surface area contributed by atoms with Crippen LogP contribution < -0.4 is 5.73 Å². The molecule has 0 aliphatic carbocycles.